The third kappa shape index (κ3) is 16.8. The Morgan fingerprint density at radius 2 is 0.860 bits per heavy atom. The molecular weight excluding hydrogens is 748 g/mol. The molecule has 0 aromatic heterocycles. The van der Waals surface area contributed by atoms with Crippen LogP contribution in [0.25, 0.3) is 0 Å². The largest absolute Gasteiger partial charge is 0.462 e. The van der Waals surface area contributed by atoms with Gasteiger partial charge < -0.3 is 37.9 Å². The molecule has 0 bridgehead atoms. The molecule has 16 heteroatoms. The first-order valence-electron chi connectivity index (χ1n) is 17.4. The average Bonchev–Trinajstić information content (AvgIpc) is 3.19. The lowest BCUT2D eigenvalue weighted by molar-refractivity contribution is -0.150. The molecular formula is C41H40O16. The zero-order valence-corrected chi connectivity index (χ0v) is 31.0. The van der Waals surface area contributed by atoms with E-state index in [0.29, 0.717) is 5.56 Å². The van der Waals surface area contributed by atoms with Gasteiger partial charge in [-0.3, -0.25) is 19.2 Å². The predicted octanol–water partition coefficient (Wildman–Crippen LogP) is 5.13. The van der Waals surface area contributed by atoms with Crippen LogP contribution in [0.2, 0.25) is 0 Å². The summed E-state index contributed by atoms with van der Waals surface area (Å²) in [6.07, 6.45) is 2.11. The van der Waals surface area contributed by atoms with E-state index >= 15 is 0 Å². The number of carbonyl (C=O) groups is 8. The minimum absolute atomic E-state index is 0.0408. The van der Waals surface area contributed by atoms with E-state index in [9.17, 15) is 38.4 Å². The van der Waals surface area contributed by atoms with Crippen LogP contribution in [0.1, 0.15) is 64.8 Å². The van der Waals surface area contributed by atoms with Crippen LogP contribution in [0, 0.1) is 6.92 Å². The van der Waals surface area contributed by atoms with Gasteiger partial charge in [0.15, 0.2) is 0 Å². The van der Waals surface area contributed by atoms with Crippen molar-refractivity contribution in [3.8, 4) is 23.0 Å². The minimum atomic E-state index is -0.696. The Hall–Kier alpha value is -7.10. The van der Waals surface area contributed by atoms with Crippen LogP contribution < -0.4 is 18.9 Å². The number of carbonyl (C=O) groups excluding carboxylic acids is 8. The third-order valence-corrected chi connectivity index (χ3v) is 7.24. The molecule has 0 amide bonds. The molecule has 0 unspecified atom stereocenters. The number of ether oxygens (including phenoxy) is 8. The molecule has 3 aromatic carbocycles. The molecule has 0 saturated carbocycles. The van der Waals surface area contributed by atoms with Gasteiger partial charge in [-0.1, -0.05) is 13.2 Å². The molecule has 0 N–H and O–H groups in total. The van der Waals surface area contributed by atoms with Gasteiger partial charge in [0, 0.05) is 37.8 Å². The summed E-state index contributed by atoms with van der Waals surface area (Å²) in [5.74, 6) is -4.22. The molecule has 300 valence electrons. The summed E-state index contributed by atoms with van der Waals surface area (Å²) in [6, 6.07) is 15.7. The molecule has 0 heterocycles. The summed E-state index contributed by atoms with van der Waals surface area (Å²) < 4.78 is 40.6. The van der Waals surface area contributed by atoms with E-state index in [4.69, 9.17) is 37.9 Å². The molecule has 0 fully saturated rings. The van der Waals surface area contributed by atoms with Crippen LogP contribution in [0.15, 0.2) is 92.0 Å². The third-order valence-electron chi connectivity index (χ3n) is 7.24. The summed E-state index contributed by atoms with van der Waals surface area (Å²) in [7, 11) is 0. The molecule has 3 aromatic rings. The maximum Gasteiger partial charge on any atom is 0.343 e. The van der Waals surface area contributed by atoms with Crippen LogP contribution in [0.4, 0.5) is 0 Å². The summed E-state index contributed by atoms with van der Waals surface area (Å²) in [5, 5.41) is 0. The lowest BCUT2D eigenvalue weighted by atomic mass is 10.2. The number of aryl methyl sites for hydroxylation is 1. The van der Waals surface area contributed by atoms with Crippen molar-refractivity contribution in [1.29, 1.82) is 0 Å². The Balaban J connectivity index is 1.38. The predicted molar refractivity (Wildman–Crippen MR) is 197 cm³/mol. The maximum atomic E-state index is 12.8. The van der Waals surface area contributed by atoms with E-state index in [1.807, 2.05) is 0 Å². The summed E-state index contributed by atoms with van der Waals surface area (Å²) >= 11 is 0. The lowest BCUT2D eigenvalue weighted by Crippen LogP contribution is -2.14. The van der Waals surface area contributed by atoms with Gasteiger partial charge >= 0.3 is 47.8 Å². The van der Waals surface area contributed by atoms with E-state index < -0.39 is 47.8 Å². The molecule has 16 nitrogen and oxygen atoms in total. The van der Waals surface area contributed by atoms with E-state index in [0.717, 1.165) is 12.2 Å². The van der Waals surface area contributed by atoms with E-state index in [-0.39, 0.29) is 99.1 Å². The molecule has 0 aliphatic heterocycles. The van der Waals surface area contributed by atoms with Crippen molar-refractivity contribution >= 4 is 47.8 Å². The van der Waals surface area contributed by atoms with E-state index in [1.54, 1.807) is 6.92 Å². The number of hydrogen-bond acceptors (Lipinski definition) is 16. The monoisotopic (exact) mass is 788 g/mol. The van der Waals surface area contributed by atoms with Crippen molar-refractivity contribution in [2.24, 2.45) is 0 Å². The first-order valence-corrected chi connectivity index (χ1v) is 17.4. The summed E-state index contributed by atoms with van der Waals surface area (Å²) in [5.41, 5.74) is 0.826. The van der Waals surface area contributed by atoms with Crippen molar-refractivity contribution in [2.45, 2.75) is 45.4 Å². The molecule has 0 aliphatic rings. The minimum Gasteiger partial charge on any atom is -0.462 e. The Labute approximate surface area is 327 Å². The zero-order chi connectivity index (χ0) is 41.6. The van der Waals surface area contributed by atoms with Crippen LogP contribution in [0.3, 0.4) is 0 Å². The van der Waals surface area contributed by atoms with Crippen molar-refractivity contribution in [2.75, 3.05) is 26.4 Å². The van der Waals surface area contributed by atoms with Gasteiger partial charge in [-0.05, 0) is 92.1 Å². The van der Waals surface area contributed by atoms with Crippen LogP contribution in [-0.2, 0) is 47.7 Å². The fourth-order valence-electron chi connectivity index (χ4n) is 4.42. The topological polar surface area (TPSA) is 210 Å². The highest BCUT2D eigenvalue weighted by molar-refractivity contribution is 5.92. The fourth-order valence-corrected chi connectivity index (χ4v) is 4.42. The second-order valence-corrected chi connectivity index (χ2v) is 11.6. The number of rotatable bonds is 22. The van der Waals surface area contributed by atoms with Gasteiger partial charge in [0.1, 0.15) is 49.4 Å². The second kappa shape index (κ2) is 23.6. The Morgan fingerprint density at radius 3 is 1.28 bits per heavy atom. The molecule has 0 radical (unpaired) electrons. The van der Waals surface area contributed by atoms with Crippen LogP contribution >= 0.6 is 0 Å². The maximum absolute atomic E-state index is 12.8. The molecule has 0 aliphatic carbocycles. The Bertz CT molecular complexity index is 1930. The van der Waals surface area contributed by atoms with Gasteiger partial charge in [-0.15, -0.1) is 0 Å². The van der Waals surface area contributed by atoms with Crippen molar-refractivity contribution in [3.05, 3.63) is 109 Å². The highest BCUT2D eigenvalue weighted by Crippen LogP contribution is 2.26. The van der Waals surface area contributed by atoms with Crippen molar-refractivity contribution in [3.63, 3.8) is 0 Å². The highest BCUT2D eigenvalue weighted by atomic mass is 16.6. The van der Waals surface area contributed by atoms with Gasteiger partial charge in [0.05, 0.1) is 11.1 Å². The van der Waals surface area contributed by atoms with Crippen LogP contribution in [-0.4, -0.2) is 74.2 Å². The van der Waals surface area contributed by atoms with Gasteiger partial charge in [0.2, 0.25) is 0 Å². The van der Waals surface area contributed by atoms with Gasteiger partial charge in [-0.2, -0.15) is 0 Å². The van der Waals surface area contributed by atoms with Crippen molar-refractivity contribution in [1.82, 2.24) is 0 Å². The number of benzene rings is 3. The summed E-state index contributed by atoms with van der Waals surface area (Å²) in [4.78, 5) is 95.2. The SMILES string of the molecule is C=CC(=O)OCCOC(=O)CCCC(=O)Oc1ccc(C(=O)Oc2ccc(OC(=O)c3ccc(OC(=O)CCCC(=O)OCCOC(=O)C=C)cc3)c(C)c2)cc1. The Kier molecular flexibility index (Phi) is 18.4. The second-order valence-electron chi connectivity index (χ2n) is 11.6. The van der Waals surface area contributed by atoms with E-state index in [2.05, 4.69) is 13.2 Å². The molecule has 57 heavy (non-hydrogen) atoms. The zero-order valence-electron chi connectivity index (χ0n) is 31.0. The first-order chi connectivity index (χ1) is 27.4. The summed E-state index contributed by atoms with van der Waals surface area (Å²) in [6.45, 7) is 7.70. The number of esters is 8. The highest BCUT2D eigenvalue weighted by Gasteiger charge is 2.16. The smallest absolute Gasteiger partial charge is 0.343 e. The van der Waals surface area contributed by atoms with Crippen molar-refractivity contribution < 1.29 is 76.3 Å². The molecule has 3 rings (SSSR count). The normalized spacial score (nSPS) is 10.2. The molecule has 0 spiro atoms. The van der Waals surface area contributed by atoms with Crippen LogP contribution in [0.5, 0.6) is 23.0 Å². The molecule has 0 atom stereocenters. The number of hydrogen-bond donors (Lipinski definition) is 0. The standard InChI is InChI=1S/C41H40O16/c1-4-34(42)50-22-24-52-36(44)8-6-10-38(46)54-30-16-12-28(13-17-30)40(48)56-32-20-21-33(27(3)26-32)57-41(49)29-14-18-31(19-15-29)55-39(47)11-7-9-37(45)53-25-23-51-35(43)5-2/h4-5,12-21,26H,1-2,6-11,22-25H2,3H3. The lowest BCUT2D eigenvalue weighted by Gasteiger charge is -2.11. The quantitative estimate of drug-likeness (QED) is 0.0425. The molecule has 0 saturated heterocycles. The van der Waals surface area contributed by atoms with Gasteiger partial charge in [-0.25, -0.2) is 19.2 Å². The van der Waals surface area contributed by atoms with Gasteiger partial charge in [0.25, 0.3) is 0 Å². The average molecular weight is 789 g/mol. The fraction of sp³-hybridized carbons (Fsp3) is 0.268. The first kappa shape index (κ1) is 44.3. The van der Waals surface area contributed by atoms with E-state index in [1.165, 1.54) is 66.7 Å². The Morgan fingerprint density at radius 1 is 0.474 bits per heavy atom.